The Labute approximate surface area is 191 Å². The van der Waals surface area contributed by atoms with Gasteiger partial charge in [-0.1, -0.05) is 17.3 Å². The normalized spacial score (nSPS) is 10.6. The Bertz CT molecular complexity index is 1230. The van der Waals surface area contributed by atoms with Crippen LogP contribution in [0.15, 0.2) is 28.8 Å². The zero-order valence-electron chi connectivity index (χ0n) is 18.2. The van der Waals surface area contributed by atoms with Gasteiger partial charge in [-0.05, 0) is 19.4 Å². The van der Waals surface area contributed by atoms with Crippen LogP contribution in [0.1, 0.15) is 33.5 Å². The maximum Gasteiger partial charge on any atom is 0.316 e. The number of hydrogen-bond donors (Lipinski definition) is 2. The van der Waals surface area contributed by atoms with E-state index >= 15 is 0 Å². The summed E-state index contributed by atoms with van der Waals surface area (Å²) in [6, 6.07) is 5.63. The molecule has 0 saturated heterocycles. The molecule has 2 amide bonds. The summed E-state index contributed by atoms with van der Waals surface area (Å²) in [5.41, 5.74) is 1.02. The van der Waals surface area contributed by atoms with Crippen LogP contribution in [-0.2, 0) is 17.8 Å². The van der Waals surface area contributed by atoms with Crippen LogP contribution in [0.5, 0.6) is 0 Å². The molecule has 0 fully saturated rings. The number of nitro groups is 2. The molecule has 2 N–H and O–H groups in total. The standard InChI is InChI=1S/C19H20N8O7/c1-11-17(27(32)33)12(2)25(23-11)10-15-22-19(34-24-15)18(29)21-8-7-20-16(28)9-13-3-5-14(6-4-13)26(30)31/h3-6H,7-10H2,1-2H3,(H,20,28)(H,21,29). The zero-order chi connectivity index (χ0) is 24.8. The number of rotatable bonds is 10. The van der Waals surface area contributed by atoms with Crippen LogP contribution >= 0.6 is 0 Å². The Hall–Kier alpha value is -4.69. The summed E-state index contributed by atoms with van der Waals surface area (Å²) in [6.45, 7) is 3.26. The molecule has 0 saturated carbocycles. The van der Waals surface area contributed by atoms with E-state index in [1.54, 1.807) is 6.92 Å². The largest absolute Gasteiger partial charge is 0.354 e. The van der Waals surface area contributed by atoms with E-state index in [0.717, 1.165) is 0 Å². The van der Waals surface area contributed by atoms with Gasteiger partial charge in [0.15, 0.2) is 5.82 Å². The lowest BCUT2D eigenvalue weighted by atomic mass is 10.1. The van der Waals surface area contributed by atoms with Crippen molar-refractivity contribution in [3.8, 4) is 0 Å². The smallest absolute Gasteiger partial charge is 0.316 e. The lowest BCUT2D eigenvalue weighted by Crippen LogP contribution is -2.35. The molecule has 2 aromatic heterocycles. The third kappa shape index (κ3) is 5.76. The molecule has 1 aromatic carbocycles. The van der Waals surface area contributed by atoms with Crippen LogP contribution in [0.2, 0.25) is 0 Å². The summed E-state index contributed by atoms with van der Waals surface area (Å²) < 4.78 is 6.27. The molecule has 0 unspecified atom stereocenters. The topological polar surface area (TPSA) is 201 Å². The van der Waals surface area contributed by atoms with Gasteiger partial charge in [-0.2, -0.15) is 10.1 Å². The molecule has 2 heterocycles. The predicted molar refractivity (Wildman–Crippen MR) is 114 cm³/mol. The number of hydrogen-bond acceptors (Lipinski definition) is 10. The zero-order valence-corrected chi connectivity index (χ0v) is 18.2. The molecule has 15 nitrogen and oxygen atoms in total. The highest BCUT2D eigenvalue weighted by molar-refractivity contribution is 5.89. The molecular formula is C19H20N8O7. The van der Waals surface area contributed by atoms with Crippen LogP contribution in [0.4, 0.5) is 11.4 Å². The average molecular weight is 472 g/mol. The minimum atomic E-state index is -0.650. The molecule has 0 bridgehead atoms. The number of non-ortho nitro benzene ring substituents is 1. The highest BCUT2D eigenvalue weighted by Gasteiger charge is 2.23. The first kappa shape index (κ1) is 24.0. The van der Waals surface area contributed by atoms with E-state index in [2.05, 4.69) is 25.9 Å². The van der Waals surface area contributed by atoms with Gasteiger partial charge >= 0.3 is 17.5 Å². The fourth-order valence-corrected chi connectivity index (χ4v) is 3.09. The maximum atomic E-state index is 12.2. The van der Waals surface area contributed by atoms with Crippen molar-refractivity contribution in [3.63, 3.8) is 0 Å². The van der Waals surface area contributed by atoms with Crippen molar-refractivity contribution in [2.45, 2.75) is 26.8 Å². The lowest BCUT2D eigenvalue weighted by Gasteiger charge is -2.06. The first-order chi connectivity index (χ1) is 16.2. The Morgan fingerprint density at radius 2 is 1.74 bits per heavy atom. The van der Waals surface area contributed by atoms with E-state index in [0.29, 0.717) is 11.3 Å². The molecule has 178 valence electrons. The third-order valence-corrected chi connectivity index (χ3v) is 4.72. The molecule has 3 rings (SSSR count). The van der Waals surface area contributed by atoms with Crippen LogP contribution in [0.3, 0.4) is 0 Å². The maximum absolute atomic E-state index is 12.2. The van der Waals surface area contributed by atoms with Crippen molar-refractivity contribution >= 4 is 23.2 Å². The third-order valence-electron chi connectivity index (χ3n) is 4.72. The fourth-order valence-electron chi connectivity index (χ4n) is 3.09. The quantitative estimate of drug-likeness (QED) is 0.242. The van der Waals surface area contributed by atoms with Crippen LogP contribution in [0.25, 0.3) is 0 Å². The van der Waals surface area contributed by atoms with E-state index in [-0.39, 0.29) is 60.7 Å². The Balaban J connectivity index is 1.44. The first-order valence-corrected chi connectivity index (χ1v) is 9.95. The number of nitro benzene ring substituents is 1. The van der Waals surface area contributed by atoms with Crippen molar-refractivity contribution in [1.29, 1.82) is 0 Å². The number of amides is 2. The summed E-state index contributed by atoms with van der Waals surface area (Å²) in [4.78, 5) is 48.8. The van der Waals surface area contributed by atoms with Crippen molar-refractivity contribution in [2.75, 3.05) is 13.1 Å². The summed E-state index contributed by atoms with van der Waals surface area (Å²) in [5, 5.41) is 34.6. The van der Waals surface area contributed by atoms with E-state index in [9.17, 15) is 29.8 Å². The second-order valence-corrected chi connectivity index (χ2v) is 7.16. The SMILES string of the molecule is Cc1nn(Cc2noc(C(=O)NCCNC(=O)Cc3ccc([N+](=O)[O-])cc3)n2)c(C)c1[N+](=O)[O-]. The minimum absolute atomic E-state index is 0.0179. The second-order valence-electron chi connectivity index (χ2n) is 7.16. The predicted octanol–water partition coefficient (Wildman–Crippen LogP) is 0.836. The van der Waals surface area contributed by atoms with Gasteiger partial charge in [0.2, 0.25) is 5.91 Å². The van der Waals surface area contributed by atoms with Crippen molar-refractivity contribution in [2.24, 2.45) is 0 Å². The molecule has 0 atom stereocenters. The molecule has 3 aromatic rings. The van der Waals surface area contributed by atoms with Crippen LogP contribution in [-0.4, -0.2) is 54.7 Å². The van der Waals surface area contributed by atoms with Crippen molar-refractivity contribution < 1.29 is 24.0 Å². The van der Waals surface area contributed by atoms with Crippen LogP contribution < -0.4 is 10.6 Å². The van der Waals surface area contributed by atoms with Gasteiger partial charge < -0.3 is 15.2 Å². The molecule has 0 radical (unpaired) electrons. The molecular weight excluding hydrogens is 452 g/mol. The van der Waals surface area contributed by atoms with E-state index in [4.69, 9.17) is 4.52 Å². The Kier molecular flexibility index (Phi) is 7.25. The Morgan fingerprint density at radius 3 is 2.35 bits per heavy atom. The van der Waals surface area contributed by atoms with Gasteiger partial charge in [-0.15, -0.1) is 0 Å². The monoisotopic (exact) mass is 472 g/mol. The summed E-state index contributed by atoms with van der Waals surface area (Å²) in [7, 11) is 0. The van der Waals surface area contributed by atoms with Crippen molar-refractivity contribution in [3.05, 3.63) is 73.2 Å². The number of nitrogens with zero attached hydrogens (tertiary/aromatic N) is 6. The van der Waals surface area contributed by atoms with E-state index in [1.807, 2.05) is 0 Å². The number of benzene rings is 1. The molecule has 0 spiro atoms. The molecule has 0 aliphatic carbocycles. The van der Waals surface area contributed by atoms with Gasteiger partial charge in [0, 0.05) is 25.2 Å². The number of nitrogens with one attached hydrogen (secondary N) is 2. The Morgan fingerprint density at radius 1 is 1.06 bits per heavy atom. The van der Waals surface area contributed by atoms with Gasteiger partial charge in [-0.25, -0.2) is 0 Å². The van der Waals surface area contributed by atoms with Gasteiger partial charge in [0.05, 0.1) is 16.3 Å². The highest BCUT2D eigenvalue weighted by Crippen LogP contribution is 2.22. The average Bonchev–Trinajstić information content (AvgIpc) is 3.35. The number of aryl methyl sites for hydroxylation is 1. The van der Waals surface area contributed by atoms with Gasteiger partial charge in [0.25, 0.3) is 5.69 Å². The lowest BCUT2D eigenvalue weighted by molar-refractivity contribution is -0.386. The van der Waals surface area contributed by atoms with Gasteiger partial charge in [-0.3, -0.25) is 34.5 Å². The van der Waals surface area contributed by atoms with E-state index < -0.39 is 15.8 Å². The molecule has 34 heavy (non-hydrogen) atoms. The van der Waals surface area contributed by atoms with Gasteiger partial charge in [0.1, 0.15) is 17.9 Å². The first-order valence-electron chi connectivity index (χ1n) is 9.95. The fraction of sp³-hybridized carbons (Fsp3) is 0.316. The second kappa shape index (κ2) is 10.3. The minimum Gasteiger partial charge on any atom is -0.354 e. The highest BCUT2D eigenvalue weighted by atomic mass is 16.6. The van der Waals surface area contributed by atoms with Crippen molar-refractivity contribution in [1.82, 2.24) is 30.6 Å². The summed E-state index contributed by atoms with van der Waals surface area (Å²) in [6.07, 6.45) is 0.0312. The molecule has 15 heteroatoms. The molecule has 0 aliphatic heterocycles. The van der Waals surface area contributed by atoms with Crippen LogP contribution in [0, 0.1) is 34.1 Å². The molecule has 0 aliphatic rings. The number of aromatic nitrogens is 4. The summed E-state index contributed by atoms with van der Waals surface area (Å²) in [5.74, 6) is -1.16. The summed E-state index contributed by atoms with van der Waals surface area (Å²) >= 11 is 0. The van der Waals surface area contributed by atoms with E-state index in [1.165, 1.54) is 35.9 Å². The number of carbonyl (C=O) groups excluding carboxylic acids is 2. The number of carbonyl (C=O) groups is 2.